The molecule has 0 heterocycles. The lowest BCUT2D eigenvalue weighted by atomic mass is 9.65. The molecule has 1 aromatic rings. The lowest BCUT2D eigenvalue weighted by Crippen LogP contribution is -2.49. The van der Waals surface area contributed by atoms with Gasteiger partial charge in [0.15, 0.2) is 0 Å². The molecule has 146 valence electrons. The number of benzene rings is 1. The fourth-order valence-electron chi connectivity index (χ4n) is 4.36. The highest BCUT2D eigenvalue weighted by Gasteiger charge is 2.40. The molecule has 3 N–H and O–H groups in total. The Morgan fingerprint density at radius 1 is 1.19 bits per heavy atom. The lowest BCUT2D eigenvalue weighted by molar-refractivity contribution is -0.128. The minimum Gasteiger partial charge on any atom is -0.435 e. The fraction of sp³-hybridized carbons (Fsp3) is 0.632. The van der Waals surface area contributed by atoms with Crippen LogP contribution >= 0.6 is 12.4 Å². The van der Waals surface area contributed by atoms with Gasteiger partial charge in [-0.05, 0) is 62.1 Å². The molecule has 3 atom stereocenters. The fourth-order valence-corrected chi connectivity index (χ4v) is 4.36. The van der Waals surface area contributed by atoms with Gasteiger partial charge in [-0.1, -0.05) is 18.6 Å². The van der Waals surface area contributed by atoms with Crippen LogP contribution in [0.1, 0.15) is 50.6 Å². The van der Waals surface area contributed by atoms with Crippen LogP contribution in [0, 0.1) is 17.8 Å². The largest absolute Gasteiger partial charge is 0.435 e. The molecule has 4 nitrogen and oxygen atoms in total. The van der Waals surface area contributed by atoms with E-state index in [-0.39, 0.29) is 42.1 Å². The SMILES string of the molecule is CC(NC(=O)C1CC2CCCC(C1)C2N)c1ccc(OC(F)F)cc1.Cl. The van der Waals surface area contributed by atoms with Crippen molar-refractivity contribution in [2.75, 3.05) is 0 Å². The molecule has 1 amide bonds. The minimum atomic E-state index is -2.83. The van der Waals surface area contributed by atoms with Crippen LogP contribution in [-0.4, -0.2) is 18.6 Å². The summed E-state index contributed by atoms with van der Waals surface area (Å²) in [6, 6.07) is 6.46. The molecule has 7 heteroatoms. The highest BCUT2D eigenvalue weighted by molar-refractivity contribution is 5.85. The molecule has 0 aliphatic heterocycles. The van der Waals surface area contributed by atoms with Gasteiger partial charge in [0.2, 0.25) is 5.91 Å². The number of nitrogens with one attached hydrogen (secondary N) is 1. The van der Waals surface area contributed by atoms with E-state index >= 15 is 0 Å². The Kier molecular flexibility index (Phi) is 7.24. The number of carbonyl (C=O) groups excluding carboxylic acids is 1. The minimum absolute atomic E-state index is 0. The maximum atomic E-state index is 12.7. The second-order valence-electron chi connectivity index (χ2n) is 7.37. The summed E-state index contributed by atoms with van der Waals surface area (Å²) < 4.78 is 28.7. The van der Waals surface area contributed by atoms with Gasteiger partial charge in [-0.3, -0.25) is 4.79 Å². The topological polar surface area (TPSA) is 64.4 Å². The maximum Gasteiger partial charge on any atom is 0.387 e. The molecule has 2 fully saturated rings. The number of fused-ring (bicyclic) bond motifs is 2. The summed E-state index contributed by atoms with van der Waals surface area (Å²) in [5, 5.41) is 3.06. The van der Waals surface area contributed by atoms with E-state index in [1.165, 1.54) is 18.6 Å². The number of halogens is 3. The average molecular weight is 389 g/mol. The predicted octanol–water partition coefficient (Wildman–Crippen LogP) is 4.04. The van der Waals surface area contributed by atoms with E-state index in [4.69, 9.17) is 5.73 Å². The maximum absolute atomic E-state index is 12.7. The Morgan fingerprint density at radius 2 is 1.77 bits per heavy atom. The van der Waals surface area contributed by atoms with Gasteiger partial charge in [-0.2, -0.15) is 8.78 Å². The standard InChI is InChI=1S/C19H26F2N2O2.ClH/c1-11(12-5-7-16(8-6-12)25-19(20)21)23-18(24)15-9-13-3-2-4-14(10-15)17(13)22;/h5-8,11,13-15,17,19H,2-4,9-10,22H2,1H3,(H,23,24);1H. The van der Waals surface area contributed by atoms with Crippen molar-refractivity contribution in [2.45, 2.75) is 57.7 Å². The second-order valence-corrected chi connectivity index (χ2v) is 7.37. The van der Waals surface area contributed by atoms with Crippen molar-refractivity contribution in [2.24, 2.45) is 23.5 Å². The van der Waals surface area contributed by atoms with Crippen LogP contribution < -0.4 is 15.8 Å². The van der Waals surface area contributed by atoms with Crippen LogP contribution in [0.15, 0.2) is 24.3 Å². The van der Waals surface area contributed by atoms with E-state index < -0.39 is 6.61 Å². The number of rotatable bonds is 5. The predicted molar refractivity (Wildman–Crippen MR) is 98.4 cm³/mol. The van der Waals surface area contributed by atoms with Gasteiger partial charge < -0.3 is 15.8 Å². The zero-order chi connectivity index (χ0) is 18.0. The van der Waals surface area contributed by atoms with Crippen LogP contribution in [-0.2, 0) is 4.79 Å². The molecule has 0 radical (unpaired) electrons. The average Bonchev–Trinajstić information content (AvgIpc) is 2.54. The first-order valence-corrected chi connectivity index (χ1v) is 9.04. The van der Waals surface area contributed by atoms with E-state index in [0.717, 1.165) is 31.2 Å². The van der Waals surface area contributed by atoms with E-state index in [1.807, 2.05) is 6.92 Å². The molecule has 1 aromatic carbocycles. The molecule has 2 aliphatic rings. The van der Waals surface area contributed by atoms with Gasteiger partial charge in [0.05, 0.1) is 6.04 Å². The normalized spacial score (nSPS) is 28.8. The monoisotopic (exact) mass is 388 g/mol. The third-order valence-corrected chi connectivity index (χ3v) is 5.75. The van der Waals surface area contributed by atoms with E-state index in [9.17, 15) is 13.6 Å². The smallest absolute Gasteiger partial charge is 0.387 e. The van der Waals surface area contributed by atoms with Crippen LogP contribution in [0.3, 0.4) is 0 Å². The quantitative estimate of drug-likeness (QED) is 0.800. The van der Waals surface area contributed by atoms with E-state index in [2.05, 4.69) is 10.1 Å². The van der Waals surface area contributed by atoms with Crippen LogP contribution in [0.2, 0.25) is 0 Å². The lowest BCUT2D eigenvalue weighted by Gasteiger charge is -2.43. The highest BCUT2D eigenvalue weighted by atomic mass is 35.5. The van der Waals surface area contributed by atoms with Gasteiger partial charge in [-0.15, -0.1) is 12.4 Å². The Balaban J connectivity index is 0.00000243. The number of amides is 1. The van der Waals surface area contributed by atoms with Crippen molar-refractivity contribution in [3.05, 3.63) is 29.8 Å². The molecule has 0 saturated heterocycles. The zero-order valence-electron chi connectivity index (χ0n) is 14.9. The molecule has 2 bridgehead atoms. The van der Waals surface area contributed by atoms with Crippen molar-refractivity contribution in [3.8, 4) is 5.75 Å². The second kappa shape index (κ2) is 9.00. The molecule has 0 spiro atoms. The number of ether oxygens (including phenoxy) is 1. The number of alkyl halides is 2. The Morgan fingerprint density at radius 3 is 2.31 bits per heavy atom. The molecular formula is C19H27ClF2N2O2. The summed E-state index contributed by atoms with van der Waals surface area (Å²) >= 11 is 0. The molecule has 2 aliphatic carbocycles. The van der Waals surface area contributed by atoms with Gasteiger partial charge in [0.1, 0.15) is 5.75 Å². The first-order chi connectivity index (χ1) is 11.9. The van der Waals surface area contributed by atoms with Crippen LogP contribution in [0.4, 0.5) is 8.78 Å². The van der Waals surface area contributed by atoms with Crippen molar-refractivity contribution < 1.29 is 18.3 Å². The molecule has 3 rings (SSSR count). The molecule has 2 saturated carbocycles. The van der Waals surface area contributed by atoms with Gasteiger partial charge in [-0.25, -0.2) is 0 Å². The van der Waals surface area contributed by atoms with E-state index in [1.54, 1.807) is 12.1 Å². The highest BCUT2D eigenvalue weighted by Crippen LogP contribution is 2.42. The zero-order valence-corrected chi connectivity index (χ0v) is 15.7. The van der Waals surface area contributed by atoms with Crippen LogP contribution in [0.5, 0.6) is 5.75 Å². The number of hydrogen-bond donors (Lipinski definition) is 2. The summed E-state index contributed by atoms with van der Waals surface area (Å²) in [6.07, 6.45) is 5.22. The van der Waals surface area contributed by atoms with Gasteiger partial charge in [0, 0.05) is 12.0 Å². The number of hydrogen-bond acceptors (Lipinski definition) is 3. The summed E-state index contributed by atoms with van der Waals surface area (Å²) in [7, 11) is 0. The van der Waals surface area contributed by atoms with Crippen LogP contribution in [0.25, 0.3) is 0 Å². The number of nitrogens with two attached hydrogens (primary N) is 1. The third kappa shape index (κ3) is 4.86. The molecular weight excluding hydrogens is 362 g/mol. The van der Waals surface area contributed by atoms with Crippen molar-refractivity contribution in [1.29, 1.82) is 0 Å². The van der Waals surface area contributed by atoms with Gasteiger partial charge >= 0.3 is 6.61 Å². The molecule has 26 heavy (non-hydrogen) atoms. The van der Waals surface area contributed by atoms with Crippen molar-refractivity contribution in [1.82, 2.24) is 5.32 Å². The third-order valence-electron chi connectivity index (χ3n) is 5.75. The number of carbonyl (C=O) groups is 1. The van der Waals surface area contributed by atoms with Crippen molar-refractivity contribution >= 4 is 18.3 Å². The summed E-state index contributed by atoms with van der Waals surface area (Å²) in [5.41, 5.74) is 7.15. The van der Waals surface area contributed by atoms with Gasteiger partial charge in [0.25, 0.3) is 0 Å². The first kappa shape index (κ1) is 20.9. The summed E-state index contributed by atoms with van der Waals surface area (Å²) in [6.45, 7) is -0.934. The summed E-state index contributed by atoms with van der Waals surface area (Å²) in [4.78, 5) is 12.7. The Hall–Kier alpha value is -1.40. The Bertz CT molecular complexity index is 586. The molecule has 3 unspecified atom stereocenters. The van der Waals surface area contributed by atoms with E-state index in [0.29, 0.717) is 11.8 Å². The van der Waals surface area contributed by atoms with Crippen molar-refractivity contribution in [3.63, 3.8) is 0 Å². The Labute approximate surface area is 159 Å². The molecule has 0 aromatic heterocycles. The first-order valence-electron chi connectivity index (χ1n) is 9.04. The summed E-state index contributed by atoms with van der Waals surface area (Å²) in [5.74, 6) is 1.14.